The maximum Gasteiger partial charge on any atom is 0.293 e. The monoisotopic (exact) mass is 349 g/mol. The molecule has 0 radical (unpaired) electrons. The van der Waals surface area contributed by atoms with E-state index in [1.807, 2.05) is 0 Å². The molecule has 1 aliphatic carbocycles. The van der Waals surface area contributed by atoms with E-state index >= 15 is 0 Å². The number of rotatable bonds is 9. The number of carbonyl (C=O) groups excluding carboxylic acids is 1. The second kappa shape index (κ2) is 7.82. The summed E-state index contributed by atoms with van der Waals surface area (Å²) in [6.45, 7) is 6.08. The molecule has 1 saturated carbocycles. The van der Waals surface area contributed by atoms with Crippen LogP contribution >= 0.6 is 0 Å². The molecule has 0 aromatic heterocycles. The molecule has 0 aliphatic heterocycles. The molecule has 1 unspecified atom stereocenters. The molecule has 25 heavy (non-hydrogen) atoms. The Hall–Kier alpha value is -2.15. The first kappa shape index (κ1) is 19.2. The first-order chi connectivity index (χ1) is 11.7. The number of carbonyl (C=O) groups is 1. The highest BCUT2D eigenvalue weighted by Crippen LogP contribution is 2.28. The second-order valence-electron chi connectivity index (χ2n) is 7.52. The van der Waals surface area contributed by atoms with Crippen molar-refractivity contribution in [2.75, 3.05) is 11.9 Å². The van der Waals surface area contributed by atoms with Crippen molar-refractivity contribution in [2.45, 2.75) is 58.1 Å². The predicted octanol–water partition coefficient (Wildman–Crippen LogP) is 3.09. The van der Waals surface area contributed by atoms with E-state index in [0.717, 1.165) is 19.3 Å². The maximum absolute atomic E-state index is 12.1. The fourth-order valence-electron chi connectivity index (χ4n) is 2.44. The number of anilines is 1. The van der Waals surface area contributed by atoms with Crippen molar-refractivity contribution in [3.05, 3.63) is 33.9 Å². The zero-order valence-electron chi connectivity index (χ0n) is 15.0. The van der Waals surface area contributed by atoms with Gasteiger partial charge in [0, 0.05) is 24.2 Å². The Labute approximate surface area is 148 Å². The molecule has 7 heteroatoms. The van der Waals surface area contributed by atoms with Crippen molar-refractivity contribution in [1.82, 2.24) is 5.32 Å². The van der Waals surface area contributed by atoms with E-state index in [0.29, 0.717) is 18.0 Å². The van der Waals surface area contributed by atoms with Crippen molar-refractivity contribution >= 4 is 17.3 Å². The quantitative estimate of drug-likeness (QED) is 0.469. The molecule has 0 bridgehead atoms. The number of nitrogens with one attached hydrogen (secondary N) is 2. The van der Waals surface area contributed by atoms with E-state index in [1.165, 1.54) is 12.1 Å². The lowest BCUT2D eigenvalue weighted by Crippen LogP contribution is -2.34. The summed E-state index contributed by atoms with van der Waals surface area (Å²) in [5.74, 6) is 0.186. The van der Waals surface area contributed by atoms with Crippen LogP contribution in [0.4, 0.5) is 11.4 Å². The predicted molar refractivity (Wildman–Crippen MR) is 96.8 cm³/mol. The number of amides is 1. The van der Waals surface area contributed by atoms with E-state index in [2.05, 4.69) is 24.5 Å². The average Bonchev–Trinajstić information content (AvgIpc) is 3.35. The van der Waals surface area contributed by atoms with Crippen molar-refractivity contribution in [3.8, 4) is 0 Å². The highest BCUT2D eigenvalue weighted by atomic mass is 16.6. The Bertz CT molecular complexity index is 639. The van der Waals surface area contributed by atoms with Crippen LogP contribution in [0.3, 0.4) is 0 Å². The van der Waals surface area contributed by atoms with Gasteiger partial charge in [0.2, 0.25) is 0 Å². The van der Waals surface area contributed by atoms with E-state index < -0.39 is 10.5 Å². The number of aliphatic hydroxyl groups is 1. The molecule has 1 fully saturated rings. The molecule has 0 spiro atoms. The van der Waals surface area contributed by atoms with Crippen LogP contribution in [0.25, 0.3) is 0 Å². The number of hydrogen-bond acceptors (Lipinski definition) is 5. The molecule has 1 amide bonds. The highest BCUT2D eigenvalue weighted by molar-refractivity contribution is 5.96. The molecule has 1 aromatic rings. The Kier molecular flexibility index (Phi) is 6.00. The maximum atomic E-state index is 12.1. The minimum Gasteiger partial charge on any atom is -0.388 e. The van der Waals surface area contributed by atoms with Crippen molar-refractivity contribution in [2.24, 2.45) is 5.92 Å². The summed E-state index contributed by atoms with van der Waals surface area (Å²) in [6, 6.07) is 4.57. The summed E-state index contributed by atoms with van der Waals surface area (Å²) in [5, 5.41) is 27.5. The minimum absolute atomic E-state index is 0.164. The van der Waals surface area contributed by atoms with Gasteiger partial charge in [0.05, 0.1) is 10.5 Å². The topological polar surface area (TPSA) is 104 Å². The zero-order chi connectivity index (χ0) is 18.6. The van der Waals surface area contributed by atoms with Gasteiger partial charge in [-0.25, -0.2) is 0 Å². The summed E-state index contributed by atoms with van der Waals surface area (Å²) < 4.78 is 0. The second-order valence-corrected chi connectivity index (χ2v) is 7.52. The largest absolute Gasteiger partial charge is 0.388 e. The Morgan fingerprint density at radius 2 is 2.12 bits per heavy atom. The van der Waals surface area contributed by atoms with Gasteiger partial charge in [0.1, 0.15) is 5.69 Å². The van der Waals surface area contributed by atoms with Gasteiger partial charge in [0.15, 0.2) is 0 Å². The van der Waals surface area contributed by atoms with Gasteiger partial charge in [-0.1, -0.05) is 13.8 Å². The third-order valence-electron chi connectivity index (χ3n) is 4.29. The third-order valence-corrected chi connectivity index (χ3v) is 4.29. The standard InChI is InChI=1S/C18H27N3O4/c1-12(2)8-9-18(3,23)11-19-15-7-4-13(10-16(15)21(24)25)17(22)20-14-5-6-14/h4,7,10,12,14,19,23H,5-6,8-9,11H2,1-3H3,(H,20,22). The lowest BCUT2D eigenvalue weighted by molar-refractivity contribution is -0.384. The lowest BCUT2D eigenvalue weighted by Gasteiger charge is -2.25. The van der Waals surface area contributed by atoms with Crippen molar-refractivity contribution in [1.29, 1.82) is 0 Å². The molecule has 0 heterocycles. The van der Waals surface area contributed by atoms with Crippen LogP contribution in [-0.2, 0) is 0 Å². The average molecular weight is 349 g/mol. The number of hydrogen-bond donors (Lipinski definition) is 3. The smallest absolute Gasteiger partial charge is 0.293 e. The van der Waals surface area contributed by atoms with Gasteiger partial charge in [-0.05, 0) is 50.7 Å². The summed E-state index contributed by atoms with van der Waals surface area (Å²) in [5.41, 5.74) is -0.545. The van der Waals surface area contributed by atoms with Gasteiger partial charge >= 0.3 is 0 Å². The zero-order valence-corrected chi connectivity index (χ0v) is 15.0. The fourth-order valence-corrected chi connectivity index (χ4v) is 2.44. The van der Waals surface area contributed by atoms with Crippen molar-refractivity contribution in [3.63, 3.8) is 0 Å². The number of benzene rings is 1. The van der Waals surface area contributed by atoms with Gasteiger partial charge < -0.3 is 15.7 Å². The van der Waals surface area contributed by atoms with Crippen LogP contribution in [0, 0.1) is 16.0 Å². The lowest BCUT2D eigenvalue weighted by atomic mass is 9.95. The van der Waals surface area contributed by atoms with Crippen LogP contribution < -0.4 is 10.6 Å². The Balaban J connectivity index is 2.06. The van der Waals surface area contributed by atoms with E-state index in [-0.39, 0.29) is 29.7 Å². The first-order valence-corrected chi connectivity index (χ1v) is 8.73. The third kappa shape index (κ3) is 6.01. The number of nitro groups is 1. The molecule has 1 aromatic carbocycles. The van der Waals surface area contributed by atoms with E-state index in [1.54, 1.807) is 13.0 Å². The SMILES string of the molecule is CC(C)CCC(C)(O)CNc1ccc(C(=O)NC2CC2)cc1[N+](=O)[O-]. The van der Waals surface area contributed by atoms with Gasteiger partial charge in [-0.3, -0.25) is 14.9 Å². The number of nitro benzene ring substituents is 1. The Morgan fingerprint density at radius 3 is 2.68 bits per heavy atom. The molecule has 7 nitrogen and oxygen atoms in total. The first-order valence-electron chi connectivity index (χ1n) is 8.73. The molecule has 138 valence electrons. The molecule has 3 N–H and O–H groups in total. The molecule has 0 saturated heterocycles. The van der Waals surface area contributed by atoms with Crippen LogP contribution in [0.1, 0.15) is 56.8 Å². The van der Waals surface area contributed by atoms with E-state index in [4.69, 9.17) is 0 Å². The summed E-state index contributed by atoms with van der Waals surface area (Å²) in [4.78, 5) is 22.9. The molecule has 2 rings (SSSR count). The molecule has 1 aliphatic rings. The van der Waals surface area contributed by atoms with Gasteiger partial charge in [-0.15, -0.1) is 0 Å². The van der Waals surface area contributed by atoms with E-state index in [9.17, 15) is 20.0 Å². The summed E-state index contributed by atoms with van der Waals surface area (Å²) >= 11 is 0. The molecule has 1 atom stereocenters. The highest BCUT2D eigenvalue weighted by Gasteiger charge is 2.26. The summed E-state index contributed by atoms with van der Waals surface area (Å²) in [7, 11) is 0. The molecular weight excluding hydrogens is 322 g/mol. The van der Waals surface area contributed by atoms with Crippen LogP contribution in [0.15, 0.2) is 18.2 Å². The van der Waals surface area contributed by atoms with Gasteiger partial charge in [0.25, 0.3) is 11.6 Å². The van der Waals surface area contributed by atoms with Crippen LogP contribution in [-0.4, -0.2) is 34.1 Å². The van der Waals surface area contributed by atoms with Crippen molar-refractivity contribution < 1.29 is 14.8 Å². The van der Waals surface area contributed by atoms with Crippen LogP contribution in [0.5, 0.6) is 0 Å². The fraction of sp³-hybridized carbons (Fsp3) is 0.611. The summed E-state index contributed by atoms with van der Waals surface area (Å²) in [6.07, 6.45) is 3.39. The Morgan fingerprint density at radius 1 is 1.44 bits per heavy atom. The normalized spacial score (nSPS) is 16.4. The number of nitrogens with zero attached hydrogens (tertiary/aromatic N) is 1. The van der Waals surface area contributed by atoms with Crippen LogP contribution in [0.2, 0.25) is 0 Å². The van der Waals surface area contributed by atoms with Gasteiger partial charge in [-0.2, -0.15) is 0 Å². The minimum atomic E-state index is -0.958. The molecular formula is C18H27N3O4.